The molecule has 0 spiro atoms. The zero-order chi connectivity index (χ0) is 20.2. The lowest BCUT2D eigenvalue weighted by molar-refractivity contribution is 0.190. The number of aromatic nitrogens is 2. The average Bonchev–Trinajstić information content (AvgIpc) is 3.45. The zero-order valence-electron chi connectivity index (χ0n) is 16.3. The standard InChI is InChI=1S/C20H22N4O4S/c1-26-16-4-3-15(11-17(16)27-2)21-20(25)24-8-5-13(6-9-24)18-22-23-19(28-18)14-7-10-29-12-14/h3-4,7,10-13H,5-6,8-9H2,1-2H3,(H,21,25). The van der Waals surface area contributed by atoms with Crippen molar-refractivity contribution in [3.63, 3.8) is 0 Å². The fourth-order valence-corrected chi connectivity index (χ4v) is 3.98. The maximum atomic E-state index is 12.6. The number of anilines is 1. The Morgan fingerprint density at radius 1 is 1.17 bits per heavy atom. The molecule has 152 valence electrons. The summed E-state index contributed by atoms with van der Waals surface area (Å²) in [5.74, 6) is 2.55. The molecule has 0 saturated carbocycles. The predicted octanol–water partition coefficient (Wildman–Crippen LogP) is 4.23. The van der Waals surface area contributed by atoms with Gasteiger partial charge in [-0.3, -0.25) is 0 Å². The molecule has 29 heavy (non-hydrogen) atoms. The van der Waals surface area contributed by atoms with Crippen LogP contribution in [-0.4, -0.2) is 48.4 Å². The molecule has 1 fully saturated rings. The molecular formula is C20H22N4O4S. The Morgan fingerprint density at radius 2 is 1.97 bits per heavy atom. The number of ether oxygens (including phenoxy) is 2. The number of rotatable bonds is 5. The second kappa shape index (κ2) is 8.52. The summed E-state index contributed by atoms with van der Waals surface area (Å²) in [6.07, 6.45) is 1.56. The smallest absolute Gasteiger partial charge is 0.321 e. The van der Waals surface area contributed by atoms with Gasteiger partial charge in [-0.25, -0.2) is 4.79 Å². The number of nitrogens with one attached hydrogen (secondary N) is 1. The summed E-state index contributed by atoms with van der Waals surface area (Å²) in [5.41, 5.74) is 1.60. The highest BCUT2D eigenvalue weighted by Gasteiger charge is 2.27. The van der Waals surface area contributed by atoms with E-state index in [1.54, 1.807) is 48.7 Å². The van der Waals surface area contributed by atoms with Gasteiger partial charge < -0.3 is 24.1 Å². The van der Waals surface area contributed by atoms with Gasteiger partial charge in [0.1, 0.15) is 0 Å². The van der Waals surface area contributed by atoms with Gasteiger partial charge in [0.15, 0.2) is 11.5 Å². The highest BCUT2D eigenvalue weighted by Crippen LogP contribution is 2.32. The van der Waals surface area contributed by atoms with Crippen LogP contribution in [0.2, 0.25) is 0 Å². The fourth-order valence-electron chi connectivity index (χ4n) is 3.35. The minimum absolute atomic E-state index is 0.139. The molecule has 1 saturated heterocycles. The van der Waals surface area contributed by atoms with E-state index in [-0.39, 0.29) is 11.9 Å². The first-order valence-electron chi connectivity index (χ1n) is 9.32. The van der Waals surface area contributed by atoms with Crippen molar-refractivity contribution in [2.75, 3.05) is 32.6 Å². The van der Waals surface area contributed by atoms with Gasteiger partial charge >= 0.3 is 6.03 Å². The molecule has 0 bridgehead atoms. The van der Waals surface area contributed by atoms with Crippen LogP contribution in [0, 0.1) is 0 Å². The molecule has 0 unspecified atom stereocenters. The quantitative estimate of drug-likeness (QED) is 0.672. The van der Waals surface area contributed by atoms with Gasteiger partial charge in [-0.15, -0.1) is 10.2 Å². The normalized spacial score (nSPS) is 14.6. The maximum Gasteiger partial charge on any atom is 0.321 e. The molecular weight excluding hydrogens is 392 g/mol. The molecule has 4 rings (SSSR count). The van der Waals surface area contributed by atoms with Crippen molar-refractivity contribution in [2.24, 2.45) is 0 Å². The summed E-state index contributed by atoms with van der Waals surface area (Å²) in [6, 6.07) is 7.12. The van der Waals surface area contributed by atoms with Gasteiger partial charge in [0, 0.05) is 41.7 Å². The van der Waals surface area contributed by atoms with Crippen molar-refractivity contribution in [2.45, 2.75) is 18.8 Å². The van der Waals surface area contributed by atoms with Crippen LogP contribution in [-0.2, 0) is 0 Å². The van der Waals surface area contributed by atoms with Gasteiger partial charge in [-0.1, -0.05) is 0 Å². The number of carbonyl (C=O) groups is 1. The largest absolute Gasteiger partial charge is 0.493 e. The molecule has 1 N–H and O–H groups in total. The second-order valence-electron chi connectivity index (χ2n) is 6.72. The summed E-state index contributed by atoms with van der Waals surface area (Å²) in [7, 11) is 3.14. The van der Waals surface area contributed by atoms with E-state index >= 15 is 0 Å². The minimum Gasteiger partial charge on any atom is -0.493 e. The highest BCUT2D eigenvalue weighted by atomic mass is 32.1. The third-order valence-corrected chi connectivity index (χ3v) is 5.66. The predicted molar refractivity (Wildman–Crippen MR) is 110 cm³/mol. The molecule has 0 aliphatic carbocycles. The molecule has 9 heteroatoms. The van der Waals surface area contributed by atoms with Crippen LogP contribution in [0.5, 0.6) is 11.5 Å². The monoisotopic (exact) mass is 414 g/mol. The SMILES string of the molecule is COc1ccc(NC(=O)N2CCC(c3nnc(-c4ccsc4)o3)CC2)cc1OC. The van der Waals surface area contributed by atoms with Crippen LogP contribution in [0.3, 0.4) is 0 Å². The van der Waals surface area contributed by atoms with E-state index in [1.807, 2.05) is 16.8 Å². The molecule has 1 aliphatic heterocycles. The fraction of sp³-hybridized carbons (Fsp3) is 0.350. The van der Waals surface area contributed by atoms with Gasteiger partial charge in [-0.2, -0.15) is 11.3 Å². The van der Waals surface area contributed by atoms with Crippen LogP contribution >= 0.6 is 11.3 Å². The van der Waals surface area contributed by atoms with Crippen molar-refractivity contribution in [1.29, 1.82) is 0 Å². The van der Waals surface area contributed by atoms with Crippen molar-refractivity contribution < 1.29 is 18.7 Å². The van der Waals surface area contributed by atoms with E-state index in [9.17, 15) is 4.79 Å². The van der Waals surface area contributed by atoms with Gasteiger partial charge in [0.2, 0.25) is 11.8 Å². The molecule has 8 nitrogen and oxygen atoms in total. The van der Waals surface area contributed by atoms with Crippen LogP contribution in [0.15, 0.2) is 39.4 Å². The van der Waals surface area contributed by atoms with Crippen molar-refractivity contribution in [3.8, 4) is 23.0 Å². The van der Waals surface area contributed by atoms with Crippen LogP contribution in [0.1, 0.15) is 24.7 Å². The van der Waals surface area contributed by atoms with E-state index in [0.717, 1.165) is 18.4 Å². The summed E-state index contributed by atoms with van der Waals surface area (Å²) in [4.78, 5) is 14.4. The molecule has 2 aromatic heterocycles. The van der Waals surface area contributed by atoms with E-state index < -0.39 is 0 Å². The Bertz CT molecular complexity index is 965. The third-order valence-electron chi connectivity index (χ3n) is 4.97. The lowest BCUT2D eigenvalue weighted by atomic mass is 9.97. The number of methoxy groups -OCH3 is 2. The van der Waals surface area contributed by atoms with E-state index in [0.29, 0.717) is 42.1 Å². The number of carbonyl (C=O) groups excluding carboxylic acids is 1. The van der Waals surface area contributed by atoms with Crippen molar-refractivity contribution in [1.82, 2.24) is 15.1 Å². The number of thiophene rings is 1. The molecule has 1 aliphatic rings. The Morgan fingerprint density at radius 3 is 2.66 bits per heavy atom. The van der Waals surface area contributed by atoms with E-state index in [2.05, 4.69) is 15.5 Å². The molecule has 1 aromatic carbocycles. The number of urea groups is 1. The molecule has 3 heterocycles. The number of likely N-dealkylation sites (tertiary alicyclic amines) is 1. The highest BCUT2D eigenvalue weighted by molar-refractivity contribution is 7.08. The summed E-state index contributed by atoms with van der Waals surface area (Å²) >= 11 is 1.59. The van der Waals surface area contributed by atoms with Gasteiger partial charge in [-0.05, 0) is 36.4 Å². The Labute approximate surface area is 172 Å². The third kappa shape index (κ3) is 4.19. The number of benzene rings is 1. The number of hydrogen-bond donors (Lipinski definition) is 1. The summed E-state index contributed by atoms with van der Waals surface area (Å²) < 4.78 is 16.4. The Hall–Kier alpha value is -3.07. The van der Waals surface area contributed by atoms with Crippen molar-refractivity contribution in [3.05, 3.63) is 40.9 Å². The van der Waals surface area contributed by atoms with Crippen LogP contribution in [0.25, 0.3) is 11.5 Å². The lowest BCUT2D eigenvalue weighted by Crippen LogP contribution is -2.40. The first kappa shape index (κ1) is 19.3. The second-order valence-corrected chi connectivity index (χ2v) is 7.50. The van der Waals surface area contributed by atoms with E-state index in [1.165, 1.54) is 0 Å². The number of piperidine rings is 1. The molecule has 0 radical (unpaired) electrons. The van der Waals surface area contributed by atoms with Gasteiger partial charge in [0.05, 0.1) is 14.2 Å². The number of hydrogen-bond acceptors (Lipinski definition) is 7. The maximum absolute atomic E-state index is 12.6. The zero-order valence-corrected chi connectivity index (χ0v) is 17.1. The molecule has 3 aromatic rings. The summed E-state index contributed by atoms with van der Waals surface area (Å²) in [6.45, 7) is 1.25. The van der Waals surface area contributed by atoms with E-state index in [4.69, 9.17) is 13.9 Å². The minimum atomic E-state index is -0.139. The number of amides is 2. The Balaban J connectivity index is 1.34. The van der Waals surface area contributed by atoms with Gasteiger partial charge in [0.25, 0.3) is 0 Å². The number of nitrogens with zero attached hydrogens (tertiary/aromatic N) is 3. The Kier molecular flexibility index (Phi) is 5.66. The van der Waals surface area contributed by atoms with Crippen molar-refractivity contribution >= 4 is 23.1 Å². The molecule has 2 amide bonds. The van der Waals surface area contributed by atoms with Crippen LogP contribution in [0.4, 0.5) is 10.5 Å². The summed E-state index contributed by atoms with van der Waals surface area (Å²) in [5, 5.41) is 15.2. The lowest BCUT2D eigenvalue weighted by Gasteiger charge is -2.30. The van der Waals surface area contributed by atoms with Crippen LogP contribution < -0.4 is 14.8 Å². The topological polar surface area (TPSA) is 89.7 Å². The molecule has 0 atom stereocenters. The first-order valence-corrected chi connectivity index (χ1v) is 10.3. The first-order chi connectivity index (χ1) is 14.2. The average molecular weight is 414 g/mol.